The highest BCUT2D eigenvalue weighted by Crippen LogP contribution is 2.35. The number of hydrogen-bond donors (Lipinski definition) is 2. The number of pyridine rings is 1. The number of H-pyrrole nitrogens is 2. The number of nitrogens with one attached hydrogen (secondary N) is 2. The Labute approximate surface area is 212 Å². The Kier molecular flexibility index (Phi) is 5.82. The van der Waals surface area contributed by atoms with E-state index in [2.05, 4.69) is 36.2 Å². The molecule has 0 aliphatic carbocycles. The van der Waals surface area contributed by atoms with Gasteiger partial charge in [0.1, 0.15) is 35.8 Å². The van der Waals surface area contributed by atoms with Crippen LogP contribution in [0.15, 0.2) is 73.4 Å². The van der Waals surface area contributed by atoms with E-state index >= 15 is 0 Å². The summed E-state index contributed by atoms with van der Waals surface area (Å²) in [4.78, 5) is 18.2. The minimum Gasteiger partial charge on any atom is -0.492 e. The molecule has 0 saturated carbocycles. The van der Waals surface area contributed by atoms with E-state index in [0.29, 0.717) is 18.0 Å². The van der Waals surface area contributed by atoms with Gasteiger partial charge in [-0.2, -0.15) is 5.10 Å². The largest absolute Gasteiger partial charge is 0.492 e. The van der Waals surface area contributed by atoms with Gasteiger partial charge in [0, 0.05) is 47.5 Å². The number of hydrogen-bond acceptors (Lipinski definition) is 6. The number of aromatic amines is 2. The molecule has 37 heavy (non-hydrogen) atoms. The van der Waals surface area contributed by atoms with E-state index in [1.165, 1.54) is 18.5 Å². The summed E-state index contributed by atoms with van der Waals surface area (Å²) in [6.07, 6.45) is 6.79. The van der Waals surface area contributed by atoms with Crippen LogP contribution in [0.4, 0.5) is 4.39 Å². The second-order valence-corrected chi connectivity index (χ2v) is 9.09. The maximum atomic E-state index is 14.5. The van der Waals surface area contributed by atoms with E-state index in [1.807, 2.05) is 49.3 Å². The molecule has 0 amide bonds. The van der Waals surface area contributed by atoms with Crippen molar-refractivity contribution in [3.8, 4) is 39.4 Å². The van der Waals surface area contributed by atoms with Crippen LogP contribution in [0.3, 0.4) is 0 Å². The lowest BCUT2D eigenvalue weighted by molar-refractivity contribution is 0.260. The summed E-state index contributed by atoms with van der Waals surface area (Å²) in [5, 5.41) is 9.50. The molecule has 184 valence electrons. The van der Waals surface area contributed by atoms with Crippen molar-refractivity contribution in [3.05, 3.63) is 79.3 Å². The van der Waals surface area contributed by atoms with Crippen molar-refractivity contribution >= 4 is 21.9 Å². The van der Waals surface area contributed by atoms with Crippen molar-refractivity contribution in [3.63, 3.8) is 0 Å². The fourth-order valence-corrected chi connectivity index (χ4v) is 4.40. The molecule has 0 spiro atoms. The van der Waals surface area contributed by atoms with Crippen LogP contribution in [0.5, 0.6) is 5.75 Å². The SMILES string of the molecule is CN(C)CCOc1cc(F)cc(-c2ccnc3[nH]c(-c4n[nH]c5ccc(-c6cncnc6)cc45)cc23)c1. The van der Waals surface area contributed by atoms with E-state index < -0.39 is 0 Å². The van der Waals surface area contributed by atoms with Crippen LogP contribution in [0.25, 0.3) is 55.6 Å². The van der Waals surface area contributed by atoms with Gasteiger partial charge in [0.2, 0.25) is 0 Å². The van der Waals surface area contributed by atoms with Crippen LogP contribution in [-0.4, -0.2) is 62.3 Å². The number of benzene rings is 2. The third-order valence-corrected chi connectivity index (χ3v) is 6.23. The Bertz CT molecular complexity index is 1710. The minimum atomic E-state index is -0.353. The molecule has 0 aliphatic heterocycles. The van der Waals surface area contributed by atoms with E-state index in [-0.39, 0.29) is 5.82 Å². The van der Waals surface area contributed by atoms with Gasteiger partial charge in [-0.05, 0) is 67.2 Å². The fourth-order valence-electron chi connectivity index (χ4n) is 4.40. The molecule has 6 rings (SSSR count). The van der Waals surface area contributed by atoms with Gasteiger partial charge in [-0.1, -0.05) is 6.07 Å². The van der Waals surface area contributed by atoms with Crippen LogP contribution in [0.1, 0.15) is 0 Å². The van der Waals surface area contributed by atoms with Gasteiger partial charge in [0.25, 0.3) is 0 Å². The Morgan fingerprint density at radius 3 is 2.62 bits per heavy atom. The first kappa shape index (κ1) is 22.8. The standard InChI is InChI=1S/C28H24FN7O/c1-36(2)7-8-37-21-10-18(9-20(29)12-21)22-5-6-32-28-23(22)13-26(33-28)27-24-11-17(3-4-25(24)34-35-27)19-14-30-16-31-15-19/h3-6,9-16H,7-8H2,1-2H3,(H,32,33)(H,34,35). The number of ether oxygens (including phenoxy) is 1. The van der Waals surface area contributed by atoms with Crippen LogP contribution in [0.2, 0.25) is 0 Å². The number of likely N-dealkylation sites (N-methyl/N-ethyl adjacent to an activating group) is 1. The number of fused-ring (bicyclic) bond motifs is 2. The fraction of sp³-hybridized carbons (Fsp3) is 0.143. The predicted octanol–water partition coefficient (Wildman–Crippen LogP) is 5.31. The monoisotopic (exact) mass is 493 g/mol. The molecular weight excluding hydrogens is 469 g/mol. The normalized spacial score (nSPS) is 11.6. The average molecular weight is 494 g/mol. The van der Waals surface area contributed by atoms with E-state index in [9.17, 15) is 4.39 Å². The average Bonchev–Trinajstić information content (AvgIpc) is 3.52. The number of halogens is 1. The highest BCUT2D eigenvalue weighted by molar-refractivity contribution is 6.00. The summed E-state index contributed by atoms with van der Waals surface area (Å²) in [5.74, 6) is 0.141. The summed E-state index contributed by atoms with van der Waals surface area (Å²) in [5.41, 5.74) is 6.66. The van der Waals surface area contributed by atoms with Gasteiger partial charge in [-0.25, -0.2) is 19.3 Å². The topological polar surface area (TPSA) is 95.6 Å². The second-order valence-electron chi connectivity index (χ2n) is 9.09. The van der Waals surface area contributed by atoms with E-state index in [0.717, 1.165) is 56.5 Å². The summed E-state index contributed by atoms with van der Waals surface area (Å²) in [7, 11) is 3.94. The molecule has 0 fully saturated rings. The van der Waals surface area contributed by atoms with Crippen molar-refractivity contribution < 1.29 is 9.13 Å². The Balaban J connectivity index is 1.41. The Morgan fingerprint density at radius 1 is 0.919 bits per heavy atom. The van der Waals surface area contributed by atoms with Crippen LogP contribution in [0, 0.1) is 5.82 Å². The smallest absolute Gasteiger partial charge is 0.138 e. The molecule has 0 radical (unpaired) electrons. The van der Waals surface area contributed by atoms with Gasteiger partial charge in [-0.15, -0.1) is 0 Å². The van der Waals surface area contributed by atoms with E-state index in [1.54, 1.807) is 18.6 Å². The summed E-state index contributed by atoms with van der Waals surface area (Å²) in [6.45, 7) is 1.21. The molecular formula is C28H24FN7O. The third-order valence-electron chi connectivity index (χ3n) is 6.23. The maximum absolute atomic E-state index is 14.5. The molecule has 0 unspecified atom stereocenters. The van der Waals surface area contributed by atoms with Crippen LogP contribution < -0.4 is 4.74 Å². The van der Waals surface area contributed by atoms with Crippen molar-refractivity contribution in [1.29, 1.82) is 0 Å². The molecule has 0 aliphatic rings. The lowest BCUT2D eigenvalue weighted by Gasteiger charge is -2.12. The molecule has 0 saturated heterocycles. The van der Waals surface area contributed by atoms with Crippen LogP contribution >= 0.6 is 0 Å². The molecule has 4 heterocycles. The molecule has 0 atom stereocenters. The van der Waals surface area contributed by atoms with Gasteiger partial charge in [0.15, 0.2) is 0 Å². The first-order chi connectivity index (χ1) is 18.0. The van der Waals surface area contributed by atoms with Crippen molar-refractivity contribution in [2.75, 3.05) is 27.2 Å². The molecule has 6 aromatic rings. The molecule has 8 nitrogen and oxygen atoms in total. The number of aromatic nitrogens is 6. The quantitative estimate of drug-likeness (QED) is 0.313. The molecule has 4 aromatic heterocycles. The second kappa shape index (κ2) is 9.44. The third kappa shape index (κ3) is 4.52. The lowest BCUT2D eigenvalue weighted by Crippen LogP contribution is -2.19. The summed E-state index contributed by atoms with van der Waals surface area (Å²) < 4.78 is 20.3. The summed E-state index contributed by atoms with van der Waals surface area (Å²) >= 11 is 0. The first-order valence-electron chi connectivity index (χ1n) is 11.9. The van der Waals surface area contributed by atoms with Gasteiger partial charge in [0.05, 0.1) is 11.2 Å². The van der Waals surface area contributed by atoms with E-state index in [4.69, 9.17) is 4.74 Å². The van der Waals surface area contributed by atoms with Gasteiger partial charge >= 0.3 is 0 Å². The molecule has 2 aromatic carbocycles. The maximum Gasteiger partial charge on any atom is 0.138 e. The lowest BCUT2D eigenvalue weighted by atomic mass is 10.0. The highest BCUT2D eigenvalue weighted by atomic mass is 19.1. The molecule has 0 bridgehead atoms. The Hall–Kier alpha value is -4.63. The zero-order chi connectivity index (χ0) is 25.4. The highest BCUT2D eigenvalue weighted by Gasteiger charge is 2.16. The van der Waals surface area contributed by atoms with Crippen molar-refractivity contribution in [2.45, 2.75) is 0 Å². The van der Waals surface area contributed by atoms with Crippen molar-refractivity contribution in [1.82, 2.24) is 35.0 Å². The van der Waals surface area contributed by atoms with Gasteiger partial charge in [-0.3, -0.25) is 5.10 Å². The van der Waals surface area contributed by atoms with Crippen LogP contribution in [-0.2, 0) is 0 Å². The predicted molar refractivity (Wildman–Crippen MR) is 142 cm³/mol. The van der Waals surface area contributed by atoms with Gasteiger partial charge < -0.3 is 14.6 Å². The Morgan fingerprint density at radius 2 is 1.78 bits per heavy atom. The minimum absolute atomic E-state index is 0.353. The molecule has 9 heteroatoms. The zero-order valence-electron chi connectivity index (χ0n) is 20.4. The zero-order valence-corrected chi connectivity index (χ0v) is 20.4. The molecule has 2 N–H and O–H groups in total. The summed E-state index contributed by atoms with van der Waals surface area (Å²) in [6, 6.07) is 14.7. The first-order valence-corrected chi connectivity index (χ1v) is 11.9. The number of nitrogens with zero attached hydrogens (tertiary/aromatic N) is 5. The number of rotatable bonds is 7. The van der Waals surface area contributed by atoms with Crippen molar-refractivity contribution in [2.24, 2.45) is 0 Å².